The zero-order chi connectivity index (χ0) is 10.8. The lowest BCUT2D eigenvalue weighted by molar-refractivity contribution is 0.570. The summed E-state index contributed by atoms with van der Waals surface area (Å²) in [6.07, 6.45) is 0. The first-order valence-electron chi connectivity index (χ1n) is 4.68. The number of halogens is 1. The number of benzene rings is 1. The molecule has 0 heterocycles. The molecule has 0 fully saturated rings. The Balaban J connectivity index is 3.02. The van der Waals surface area contributed by atoms with Gasteiger partial charge in [-0.05, 0) is 45.4 Å². The van der Waals surface area contributed by atoms with Crippen LogP contribution in [0.5, 0.6) is 0 Å². The van der Waals surface area contributed by atoms with E-state index in [0.717, 1.165) is 5.56 Å². The molecule has 1 aromatic rings. The van der Waals surface area contributed by atoms with Gasteiger partial charge in [-0.25, -0.2) is 4.39 Å². The van der Waals surface area contributed by atoms with Crippen molar-refractivity contribution in [2.24, 2.45) is 5.41 Å². The molecule has 74 valence electrons. The van der Waals surface area contributed by atoms with Crippen LogP contribution in [0.25, 0.3) is 0 Å². The Labute approximate surface area is 85.2 Å². The summed E-state index contributed by atoms with van der Waals surface area (Å²) < 4.78 is 13.3. The molecule has 14 heavy (non-hydrogen) atoms. The maximum atomic E-state index is 13.3. The molecular weight excluding hydrogens is 175 g/mol. The number of rotatable bonds is 0. The van der Waals surface area contributed by atoms with Gasteiger partial charge in [0, 0.05) is 5.41 Å². The third-order valence-electron chi connectivity index (χ3n) is 1.70. The van der Waals surface area contributed by atoms with Gasteiger partial charge >= 0.3 is 0 Å². The van der Waals surface area contributed by atoms with Gasteiger partial charge in [-0.15, -0.1) is 0 Å². The van der Waals surface area contributed by atoms with E-state index in [2.05, 4.69) is 11.8 Å². The van der Waals surface area contributed by atoms with E-state index >= 15 is 0 Å². The van der Waals surface area contributed by atoms with Gasteiger partial charge in [-0.1, -0.05) is 17.9 Å². The van der Waals surface area contributed by atoms with Crippen molar-refractivity contribution in [3.8, 4) is 11.8 Å². The fourth-order valence-electron chi connectivity index (χ4n) is 0.976. The van der Waals surface area contributed by atoms with Crippen molar-refractivity contribution in [2.75, 3.05) is 0 Å². The number of hydrogen-bond donors (Lipinski definition) is 0. The minimum atomic E-state index is -0.234. The predicted octanol–water partition coefficient (Wildman–Crippen LogP) is 3.53. The van der Waals surface area contributed by atoms with Crippen LogP contribution < -0.4 is 0 Å². The van der Waals surface area contributed by atoms with Crippen LogP contribution >= 0.6 is 0 Å². The molecule has 0 amide bonds. The van der Waals surface area contributed by atoms with Crippen molar-refractivity contribution in [1.82, 2.24) is 0 Å². The summed E-state index contributed by atoms with van der Waals surface area (Å²) in [5.74, 6) is 5.63. The Hall–Kier alpha value is -1.29. The molecule has 0 aliphatic heterocycles. The molecule has 0 radical (unpaired) electrons. The highest BCUT2D eigenvalue weighted by Gasteiger charge is 2.04. The fraction of sp³-hybridized carbons (Fsp3) is 0.385. The molecule has 1 heteroatoms. The molecule has 0 aliphatic rings. The highest BCUT2D eigenvalue weighted by atomic mass is 19.1. The van der Waals surface area contributed by atoms with Crippen molar-refractivity contribution in [2.45, 2.75) is 27.7 Å². The highest BCUT2D eigenvalue weighted by Crippen LogP contribution is 2.12. The average molecular weight is 190 g/mol. The van der Waals surface area contributed by atoms with Crippen molar-refractivity contribution in [3.63, 3.8) is 0 Å². The van der Waals surface area contributed by atoms with Crippen LogP contribution in [0.1, 0.15) is 31.9 Å². The molecule has 0 bridgehead atoms. The molecule has 0 aromatic heterocycles. The second kappa shape index (κ2) is 3.84. The van der Waals surface area contributed by atoms with Gasteiger partial charge in [-0.2, -0.15) is 0 Å². The first-order valence-corrected chi connectivity index (χ1v) is 4.68. The molecule has 0 spiro atoms. The van der Waals surface area contributed by atoms with Crippen LogP contribution in [0.3, 0.4) is 0 Å². The smallest absolute Gasteiger partial charge is 0.139 e. The Kier molecular flexibility index (Phi) is 2.96. The van der Waals surface area contributed by atoms with Crippen LogP contribution in [0.4, 0.5) is 4.39 Å². The average Bonchev–Trinajstić information content (AvgIpc) is 2.00. The van der Waals surface area contributed by atoms with E-state index in [-0.39, 0.29) is 11.2 Å². The minimum absolute atomic E-state index is 0.0860. The lowest BCUT2D eigenvalue weighted by Gasteiger charge is -2.06. The van der Waals surface area contributed by atoms with E-state index in [4.69, 9.17) is 0 Å². The molecule has 0 saturated carbocycles. The lowest BCUT2D eigenvalue weighted by Crippen LogP contribution is -1.99. The zero-order valence-corrected chi connectivity index (χ0v) is 9.11. The summed E-state index contributed by atoms with van der Waals surface area (Å²) in [5.41, 5.74) is 1.31. The van der Waals surface area contributed by atoms with Gasteiger partial charge in [-0.3, -0.25) is 0 Å². The summed E-state index contributed by atoms with van der Waals surface area (Å²) in [5, 5.41) is 0. The Morgan fingerprint density at radius 2 is 1.86 bits per heavy atom. The summed E-state index contributed by atoms with van der Waals surface area (Å²) in [6.45, 7) is 7.88. The molecule has 0 atom stereocenters. The summed E-state index contributed by atoms with van der Waals surface area (Å²) in [7, 11) is 0. The SMILES string of the molecule is Cc1ccc(C#CC(C)(C)C)c(F)c1. The topological polar surface area (TPSA) is 0 Å². The Morgan fingerprint density at radius 3 is 2.36 bits per heavy atom. The maximum Gasteiger partial charge on any atom is 0.139 e. The maximum absolute atomic E-state index is 13.3. The minimum Gasteiger partial charge on any atom is -0.206 e. The lowest BCUT2D eigenvalue weighted by atomic mass is 9.97. The molecule has 0 aliphatic carbocycles. The summed E-state index contributed by atoms with van der Waals surface area (Å²) in [6, 6.07) is 5.10. The van der Waals surface area contributed by atoms with Crippen LogP contribution in [0.2, 0.25) is 0 Å². The van der Waals surface area contributed by atoms with Crippen LogP contribution in [0, 0.1) is 30.0 Å². The van der Waals surface area contributed by atoms with Gasteiger partial charge in [0.2, 0.25) is 0 Å². The fourth-order valence-corrected chi connectivity index (χ4v) is 0.976. The molecule has 0 unspecified atom stereocenters. The van der Waals surface area contributed by atoms with Crippen LogP contribution in [-0.4, -0.2) is 0 Å². The van der Waals surface area contributed by atoms with Gasteiger partial charge in [0.15, 0.2) is 0 Å². The predicted molar refractivity (Wildman–Crippen MR) is 57.5 cm³/mol. The van der Waals surface area contributed by atoms with Gasteiger partial charge in [0.05, 0.1) is 5.56 Å². The third-order valence-corrected chi connectivity index (χ3v) is 1.70. The largest absolute Gasteiger partial charge is 0.206 e. The number of hydrogen-bond acceptors (Lipinski definition) is 0. The molecule has 0 nitrogen and oxygen atoms in total. The van der Waals surface area contributed by atoms with E-state index in [1.54, 1.807) is 6.07 Å². The second-order valence-corrected chi connectivity index (χ2v) is 4.48. The third kappa shape index (κ3) is 3.22. The second-order valence-electron chi connectivity index (χ2n) is 4.48. The van der Waals surface area contributed by atoms with E-state index in [1.807, 2.05) is 33.8 Å². The first kappa shape index (κ1) is 10.8. The first-order chi connectivity index (χ1) is 6.38. The van der Waals surface area contributed by atoms with Crippen molar-refractivity contribution < 1.29 is 4.39 Å². The molecule has 1 rings (SSSR count). The van der Waals surface area contributed by atoms with Crippen LogP contribution in [0.15, 0.2) is 18.2 Å². The van der Waals surface area contributed by atoms with E-state index in [1.165, 1.54) is 6.07 Å². The zero-order valence-electron chi connectivity index (χ0n) is 9.11. The van der Waals surface area contributed by atoms with E-state index in [9.17, 15) is 4.39 Å². The molecular formula is C13H15F. The van der Waals surface area contributed by atoms with Crippen molar-refractivity contribution in [3.05, 3.63) is 35.1 Å². The molecule has 0 saturated heterocycles. The Bertz CT molecular complexity index is 386. The highest BCUT2D eigenvalue weighted by molar-refractivity contribution is 5.38. The standard InChI is InChI=1S/C13H15F/c1-10-5-6-11(12(14)9-10)7-8-13(2,3)4/h5-6,9H,1-4H3. The van der Waals surface area contributed by atoms with Gasteiger partial charge in [0.25, 0.3) is 0 Å². The number of aryl methyl sites for hydroxylation is 1. The van der Waals surface area contributed by atoms with Crippen molar-refractivity contribution >= 4 is 0 Å². The summed E-state index contributed by atoms with van der Waals surface area (Å²) in [4.78, 5) is 0. The van der Waals surface area contributed by atoms with Gasteiger partial charge < -0.3 is 0 Å². The van der Waals surface area contributed by atoms with Crippen LogP contribution in [-0.2, 0) is 0 Å². The normalized spacial score (nSPS) is 10.6. The van der Waals surface area contributed by atoms with Crippen molar-refractivity contribution in [1.29, 1.82) is 0 Å². The van der Waals surface area contributed by atoms with E-state index < -0.39 is 0 Å². The quantitative estimate of drug-likeness (QED) is 0.549. The molecule has 0 N–H and O–H groups in total. The summed E-state index contributed by atoms with van der Waals surface area (Å²) >= 11 is 0. The Morgan fingerprint density at radius 1 is 1.21 bits per heavy atom. The molecule has 1 aromatic carbocycles. The van der Waals surface area contributed by atoms with E-state index in [0.29, 0.717) is 5.56 Å². The van der Waals surface area contributed by atoms with Gasteiger partial charge in [0.1, 0.15) is 5.82 Å². The monoisotopic (exact) mass is 190 g/mol.